The molecule has 0 unspecified atom stereocenters. The van der Waals surface area contributed by atoms with Gasteiger partial charge in [-0.3, -0.25) is 0 Å². The first kappa shape index (κ1) is 23.3. The summed E-state index contributed by atoms with van der Waals surface area (Å²) in [5.41, 5.74) is 10.7. The van der Waals surface area contributed by atoms with Crippen molar-refractivity contribution >= 4 is 15.6 Å². The Hall–Kier alpha value is -0.950. The van der Waals surface area contributed by atoms with Crippen LogP contribution >= 0.6 is 15.6 Å². The lowest BCUT2D eigenvalue weighted by Crippen LogP contribution is -1.84. The lowest BCUT2D eigenvalue weighted by molar-refractivity contribution is 0.225. The van der Waals surface area contributed by atoms with Gasteiger partial charge >= 0.3 is 15.6 Å². The second kappa shape index (κ2) is 11.6. The number of rotatable bonds is 7. The lowest BCUT2D eigenvalue weighted by Gasteiger charge is -2.03. The van der Waals surface area contributed by atoms with E-state index >= 15 is 0 Å². The minimum Gasteiger partial charge on any atom is -0.302 e. The number of phosphoric acid groups is 2. The Bertz CT molecular complexity index is 505. The SMILES string of the molecule is CC(C)=CCC/C(C)=C/CN=[N+]=[N-].O=P(O)(O)OP(=O)(O)O. The van der Waals surface area contributed by atoms with Crippen LogP contribution in [-0.4, -0.2) is 26.1 Å². The average Bonchev–Trinajstić information content (AvgIpc) is 2.24. The van der Waals surface area contributed by atoms with E-state index in [2.05, 4.69) is 41.2 Å². The van der Waals surface area contributed by atoms with Crippen LogP contribution in [0.3, 0.4) is 0 Å². The molecule has 22 heavy (non-hydrogen) atoms. The van der Waals surface area contributed by atoms with Gasteiger partial charge in [0, 0.05) is 11.5 Å². The van der Waals surface area contributed by atoms with E-state index in [-0.39, 0.29) is 0 Å². The molecule has 0 saturated carbocycles. The molecule has 0 radical (unpaired) electrons. The van der Waals surface area contributed by atoms with Crippen molar-refractivity contribution in [3.8, 4) is 0 Å². The molecule has 10 nitrogen and oxygen atoms in total. The number of nitrogens with zero attached hydrogens (tertiary/aromatic N) is 3. The first-order valence-electron chi connectivity index (χ1n) is 5.99. The van der Waals surface area contributed by atoms with Crippen molar-refractivity contribution in [2.24, 2.45) is 5.11 Å². The van der Waals surface area contributed by atoms with E-state index in [0.717, 1.165) is 12.8 Å². The molecule has 0 aliphatic rings. The van der Waals surface area contributed by atoms with E-state index in [4.69, 9.17) is 25.1 Å². The Labute approximate surface area is 128 Å². The molecule has 0 heterocycles. The minimum atomic E-state index is -5.05. The van der Waals surface area contributed by atoms with Gasteiger partial charge in [-0.2, -0.15) is 4.31 Å². The summed E-state index contributed by atoms with van der Waals surface area (Å²) in [5.74, 6) is 0. The fourth-order valence-corrected chi connectivity index (χ4v) is 2.17. The third-order valence-corrected chi connectivity index (χ3v) is 3.59. The number of azide groups is 1. The van der Waals surface area contributed by atoms with Gasteiger partial charge in [0.05, 0.1) is 0 Å². The van der Waals surface area contributed by atoms with Crippen LogP contribution in [0.5, 0.6) is 0 Å². The first-order chi connectivity index (χ1) is 9.87. The molecule has 0 saturated heterocycles. The lowest BCUT2D eigenvalue weighted by atomic mass is 10.1. The van der Waals surface area contributed by atoms with Crippen LogP contribution in [0, 0.1) is 0 Å². The summed E-state index contributed by atoms with van der Waals surface area (Å²) in [5, 5.41) is 3.44. The number of hydrogen-bond acceptors (Lipinski definition) is 4. The predicted octanol–water partition coefficient (Wildman–Crippen LogP) is 3.18. The molecule has 0 amide bonds. The quantitative estimate of drug-likeness (QED) is 0.178. The molecule has 0 aromatic heterocycles. The monoisotopic (exact) mass is 357 g/mol. The average molecular weight is 357 g/mol. The van der Waals surface area contributed by atoms with Gasteiger partial charge in [-0.05, 0) is 39.1 Å². The van der Waals surface area contributed by atoms with Crippen LogP contribution < -0.4 is 0 Å². The summed E-state index contributed by atoms with van der Waals surface area (Å²) in [6.45, 7) is 6.72. The van der Waals surface area contributed by atoms with Crippen molar-refractivity contribution in [2.75, 3.05) is 6.54 Å². The third kappa shape index (κ3) is 24.1. The summed E-state index contributed by atoms with van der Waals surface area (Å²) in [6.07, 6.45) is 6.30. The van der Waals surface area contributed by atoms with Gasteiger partial charge in [-0.15, -0.1) is 0 Å². The van der Waals surface area contributed by atoms with Gasteiger partial charge in [-0.25, -0.2) is 9.13 Å². The minimum absolute atomic E-state index is 0.469. The first-order valence-corrected chi connectivity index (χ1v) is 9.05. The molecule has 12 heteroatoms. The molecule has 4 N–H and O–H groups in total. The van der Waals surface area contributed by atoms with E-state index in [1.807, 2.05) is 6.08 Å². The highest BCUT2D eigenvalue weighted by Gasteiger charge is 2.27. The van der Waals surface area contributed by atoms with Gasteiger partial charge in [0.15, 0.2) is 0 Å². The molecule has 0 aliphatic heterocycles. The third-order valence-electron chi connectivity index (χ3n) is 1.89. The Morgan fingerprint density at radius 3 is 1.95 bits per heavy atom. The van der Waals surface area contributed by atoms with Gasteiger partial charge in [0.25, 0.3) is 0 Å². The molecule has 0 rings (SSSR count). The fourth-order valence-electron chi connectivity index (χ4n) is 1.06. The highest BCUT2D eigenvalue weighted by Crippen LogP contribution is 2.53. The molecule has 128 valence electrons. The predicted molar refractivity (Wildman–Crippen MR) is 81.6 cm³/mol. The molecule has 0 aliphatic carbocycles. The Morgan fingerprint density at radius 1 is 1.14 bits per heavy atom. The van der Waals surface area contributed by atoms with Crippen molar-refractivity contribution in [3.63, 3.8) is 0 Å². The van der Waals surface area contributed by atoms with E-state index in [1.165, 1.54) is 11.1 Å². The van der Waals surface area contributed by atoms with Gasteiger partial charge < -0.3 is 19.6 Å². The molecule has 0 bridgehead atoms. The van der Waals surface area contributed by atoms with E-state index in [1.54, 1.807) is 0 Å². The smallest absolute Gasteiger partial charge is 0.302 e. The van der Waals surface area contributed by atoms with Gasteiger partial charge in [0.2, 0.25) is 0 Å². The molecular weight excluding hydrogens is 336 g/mol. The van der Waals surface area contributed by atoms with Crippen LogP contribution in [0.4, 0.5) is 0 Å². The number of allylic oxidation sites excluding steroid dienone is 3. The zero-order chi connectivity index (χ0) is 17.8. The van der Waals surface area contributed by atoms with Crippen molar-refractivity contribution in [1.29, 1.82) is 0 Å². The summed E-state index contributed by atoms with van der Waals surface area (Å²) in [7, 11) is -10.1. The van der Waals surface area contributed by atoms with Crippen LogP contribution in [0.1, 0.15) is 33.6 Å². The maximum Gasteiger partial charge on any atom is 0.478 e. The van der Waals surface area contributed by atoms with Crippen molar-refractivity contribution in [3.05, 3.63) is 33.7 Å². The molecule has 0 fully saturated rings. The molecule has 0 spiro atoms. The molecule has 0 aromatic rings. The Kier molecular flexibility index (Phi) is 12.3. The van der Waals surface area contributed by atoms with Crippen LogP contribution in [0.25, 0.3) is 10.4 Å². The van der Waals surface area contributed by atoms with Crippen LogP contribution in [0.2, 0.25) is 0 Å². The van der Waals surface area contributed by atoms with Crippen molar-refractivity contribution in [1.82, 2.24) is 0 Å². The summed E-state index contributed by atoms with van der Waals surface area (Å²) >= 11 is 0. The summed E-state index contributed by atoms with van der Waals surface area (Å²) in [6, 6.07) is 0. The summed E-state index contributed by atoms with van der Waals surface area (Å²) < 4.78 is 22.2. The largest absolute Gasteiger partial charge is 0.478 e. The van der Waals surface area contributed by atoms with Gasteiger partial charge in [0.1, 0.15) is 0 Å². The molecule has 0 atom stereocenters. The highest BCUT2D eigenvalue weighted by molar-refractivity contribution is 7.60. The standard InChI is InChI=1S/C10H17N3.H4O7P2/c1-9(2)5-4-6-10(3)7-8-12-13-11;1-8(2,3)7-9(4,5)6/h5,7H,4,6,8H2,1-3H3;(H2,1,2,3)(H2,4,5,6)/b10-7+;. The fraction of sp³-hybridized carbons (Fsp3) is 0.600. The van der Waals surface area contributed by atoms with E-state index in [9.17, 15) is 9.13 Å². The van der Waals surface area contributed by atoms with E-state index in [0.29, 0.717) is 6.54 Å². The maximum absolute atomic E-state index is 9.63. The molecule has 0 aromatic carbocycles. The number of hydrogen-bond donors (Lipinski definition) is 4. The highest BCUT2D eigenvalue weighted by atomic mass is 31.3. The maximum atomic E-state index is 9.63. The van der Waals surface area contributed by atoms with E-state index < -0.39 is 15.6 Å². The van der Waals surface area contributed by atoms with Crippen molar-refractivity contribution < 1.29 is 33.0 Å². The summed E-state index contributed by atoms with van der Waals surface area (Å²) in [4.78, 5) is 33.7. The topological polar surface area (TPSA) is 173 Å². The zero-order valence-corrected chi connectivity index (χ0v) is 14.3. The normalized spacial score (nSPS) is 11.9. The Morgan fingerprint density at radius 2 is 1.64 bits per heavy atom. The molecular formula is C10H21N3O7P2. The van der Waals surface area contributed by atoms with Gasteiger partial charge in [-0.1, -0.05) is 28.4 Å². The Balaban J connectivity index is 0. The van der Waals surface area contributed by atoms with Crippen LogP contribution in [-0.2, 0) is 13.4 Å². The second-order valence-corrected chi connectivity index (χ2v) is 6.96. The van der Waals surface area contributed by atoms with Crippen LogP contribution in [0.15, 0.2) is 28.4 Å². The zero-order valence-electron chi connectivity index (χ0n) is 12.5. The van der Waals surface area contributed by atoms with Crippen molar-refractivity contribution in [2.45, 2.75) is 33.6 Å². The second-order valence-electron chi connectivity index (χ2n) is 4.35.